The van der Waals surface area contributed by atoms with Gasteiger partial charge >= 0.3 is 5.97 Å². The van der Waals surface area contributed by atoms with Gasteiger partial charge < -0.3 is 10.4 Å². The second-order valence-corrected chi connectivity index (χ2v) is 5.49. The van der Waals surface area contributed by atoms with E-state index in [9.17, 15) is 9.59 Å². The molecule has 110 valence electrons. The molecule has 2 aromatic rings. The molecule has 21 heavy (non-hydrogen) atoms. The molecule has 1 aromatic carbocycles. The maximum Gasteiger partial charge on any atom is 0.328 e. The Morgan fingerprint density at radius 2 is 1.90 bits per heavy atom. The maximum absolute atomic E-state index is 12.0. The number of hydrogen-bond donors (Lipinski definition) is 3. The minimum atomic E-state index is -1.36. The molecule has 0 spiro atoms. The van der Waals surface area contributed by atoms with Gasteiger partial charge in [-0.25, -0.2) is 4.79 Å². The van der Waals surface area contributed by atoms with E-state index in [-0.39, 0.29) is 5.69 Å². The Hall–Kier alpha value is -2.34. The number of H-pyrrole nitrogens is 1. The Labute approximate surface area is 126 Å². The number of hydrogen-bond acceptors (Lipinski definition) is 3. The molecule has 0 saturated heterocycles. The van der Waals surface area contributed by atoms with Crippen LogP contribution in [0.25, 0.3) is 11.3 Å². The van der Waals surface area contributed by atoms with Gasteiger partial charge in [0.25, 0.3) is 5.91 Å². The Morgan fingerprint density at radius 3 is 2.48 bits per heavy atom. The first-order chi connectivity index (χ1) is 9.79. The molecule has 0 saturated carbocycles. The van der Waals surface area contributed by atoms with Crippen LogP contribution in [0.3, 0.4) is 0 Å². The van der Waals surface area contributed by atoms with Gasteiger partial charge in [-0.3, -0.25) is 9.89 Å². The van der Waals surface area contributed by atoms with E-state index in [4.69, 9.17) is 16.7 Å². The smallest absolute Gasteiger partial charge is 0.328 e. The van der Waals surface area contributed by atoms with Crippen LogP contribution < -0.4 is 5.32 Å². The van der Waals surface area contributed by atoms with Crippen molar-refractivity contribution >= 4 is 23.5 Å². The van der Waals surface area contributed by atoms with Crippen molar-refractivity contribution in [2.75, 3.05) is 0 Å². The van der Waals surface area contributed by atoms with E-state index >= 15 is 0 Å². The summed E-state index contributed by atoms with van der Waals surface area (Å²) in [6.07, 6.45) is 0. The third-order valence-electron chi connectivity index (χ3n) is 2.92. The summed E-state index contributed by atoms with van der Waals surface area (Å²) in [6.45, 7) is 2.81. The van der Waals surface area contributed by atoms with Crippen molar-refractivity contribution in [3.63, 3.8) is 0 Å². The van der Waals surface area contributed by atoms with E-state index in [2.05, 4.69) is 15.5 Å². The zero-order valence-electron chi connectivity index (χ0n) is 11.5. The molecule has 0 aliphatic rings. The number of rotatable bonds is 4. The topological polar surface area (TPSA) is 95.1 Å². The molecule has 3 N–H and O–H groups in total. The van der Waals surface area contributed by atoms with Gasteiger partial charge in [0.2, 0.25) is 0 Å². The van der Waals surface area contributed by atoms with Gasteiger partial charge in [-0.1, -0.05) is 23.7 Å². The monoisotopic (exact) mass is 307 g/mol. The lowest BCUT2D eigenvalue weighted by atomic mass is 10.1. The van der Waals surface area contributed by atoms with Crippen LogP contribution in [0.15, 0.2) is 30.3 Å². The second kappa shape index (κ2) is 5.57. The molecule has 6 nitrogen and oxygen atoms in total. The molecule has 0 bridgehead atoms. The van der Waals surface area contributed by atoms with Crippen LogP contribution >= 0.6 is 11.6 Å². The Bertz CT molecular complexity index is 677. The minimum absolute atomic E-state index is 0.189. The van der Waals surface area contributed by atoms with Crippen molar-refractivity contribution in [1.29, 1.82) is 0 Å². The largest absolute Gasteiger partial charge is 0.480 e. The van der Waals surface area contributed by atoms with E-state index < -0.39 is 17.4 Å². The van der Waals surface area contributed by atoms with Crippen LogP contribution in [0, 0.1) is 0 Å². The number of nitrogens with zero attached hydrogens (tertiary/aromatic N) is 1. The van der Waals surface area contributed by atoms with Crippen molar-refractivity contribution < 1.29 is 14.7 Å². The predicted molar refractivity (Wildman–Crippen MR) is 78.2 cm³/mol. The summed E-state index contributed by atoms with van der Waals surface area (Å²) in [5.41, 5.74) is 0.203. The quantitative estimate of drug-likeness (QED) is 0.808. The molecule has 0 atom stereocenters. The SMILES string of the molecule is CC(C)(NC(=O)c1cc(-c2ccc(Cl)cc2)n[nH]1)C(=O)O. The van der Waals surface area contributed by atoms with Crippen molar-refractivity contribution in [2.45, 2.75) is 19.4 Å². The zero-order chi connectivity index (χ0) is 15.6. The van der Waals surface area contributed by atoms with Crippen molar-refractivity contribution in [2.24, 2.45) is 0 Å². The van der Waals surface area contributed by atoms with E-state index in [0.29, 0.717) is 10.7 Å². The lowest BCUT2D eigenvalue weighted by molar-refractivity contribution is -0.143. The number of nitrogens with one attached hydrogen (secondary N) is 2. The highest BCUT2D eigenvalue weighted by molar-refractivity contribution is 6.30. The zero-order valence-corrected chi connectivity index (χ0v) is 12.2. The molecule has 1 aromatic heterocycles. The number of carbonyl (C=O) groups is 2. The van der Waals surface area contributed by atoms with Gasteiger partial charge in [-0.2, -0.15) is 5.10 Å². The van der Waals surface area contributed by atoms with E-state index in [1.165, 1.54) is 13.8 Å². The van der Waals surface area contributed by atoms with Gasteiger partial charge in [0, 0.05) is 10.6 Å². The van der Waals surface area contributed by atoms with E-state index in [0.717, 1.165) is 5.56 Å². The van der Waals surface area contributed by atoms with Crippen molar-refractivity contribution in [1.82, 2.24) is 15.5 Å². The van der Waals surface area contributed by atoms with Crippen LogP contribution in [0.1, 0.15) is 24.3 Å². The number of aliphatic carboxylic acids is 1. The number of carboxylic acids is 1. The summed E-state index contributed by atoms with van der Waals surface area (Å²) in [4.78, 5) is 23.0. The number of carboxylic acid groups (broad SMARTS) is 1. The van der Waals surface area contributed by atoms with Gasteiger partial charge in [-0.15, -0.1) is 0 Å². The highest BCUT2D eigenvalue weighted by atomic mass is 35.5. The fourth-order valence-corrected chi connectivity index (χ4v) is 1.74. The first-order valence-corrected chi connectivity index (χ1v) is 6.54. The van der Waals surface area contributed by atoms with Gasteiger partial charge in [0.1, 0.15) is 11.2 Å². The van der Waals surface area contributed by atoms with Crippen LogP contribution in [0.4, 0.5) is 0 Å². The van der Waals surface area contributed by atoms with Crippen LogP contribution in [0.5, 0.6) is 0 Å². The number of amides is 1. The summed E-state index contributed by atoms with van der Waals surface area (Å²) < 4.78 is 0. The fraction of sp³-hybridized carbons (Fsp3) is 0.214. The lowest BCUT2D eigenvalue weighted by Crippen LogP contribution is -2.49. The maximum atomic E-state index is 12.0. The molecule has 7 heteroatoms. The Balaban J connectivity index is 2.18. The molecule has 0 fully saturated rings. The Kier molecular flexibility index (Phi) is 3.99. The number of benzene rings is 1. The number of aromatic nitrogens is 2. The number of carbonyl (C=O) groups excluding carboxylic acids is 1. The molecular formula is C14H14ClN3O3. The standard InChI is InChI=1S/C14H14ClN3O3/c1-14(2,13(20)21)16-12(19)11-7-10(17-18-11)8-3-5-9(15)6-4-8/h3-7H,1-2H3,(H,16,19)(H,17,18)(H,20,21). The van der Waals surface area contributed by atoms with Crippen LogP contribution in [-0.4, -0.2) is 32.7 Å². The molecule has 0 radical (unpaired) electrons. The summed E-state index contributed by atoms with van der Waals surface area (Å²) in [7, 11) is 0. The molecule has 0 aliphatic carbocycles. The highest BCUT2D eigenvalue weighted by Crippen LogP contribution is 2.20. The van der Waals surface area contributed by atoms with Gasteiger partial charge in [0.05, 0.1) is 5.69 Å². The van der Waals surface area contributed by atoms with Crippen LogP contribution in [-0.2, 0) is 4.79 Å². The third-order valence-corrected chi connectivity index (χ3v) is 3.18. The minimum Gasteiger partial charge on any atom is -0.480 e. The number of halogens is 1. The normalized spacial score (nSPS) is 11.2. The molecule has 1 amide bonds. The molecule has 2 rings (SSSR count). The predicted octanol–water partition coefficient (Wildman–Crippen LogP) is 2.32. The van der Waals surface area contributed by atoms with E-state index in [1.54, 1.807) is 30.3 Å². The summed E-state index contributed by atoms with van der Waals surface area (Å²) in [5.74, 6) is -1.65. The molecular weight excluding hydrogens is 294 g/mol. The van der Waals surface area contributed by atoms with Crippen LogP contribution in [0.2, 0.25) is 5.02 Å². The average Bonchev–Trinajstić information content (AvgIpc) is 2.88. The molecule has 1 heterocycles. The third kappa shape index (κ3) is 3.41. The fourth-order valence-electron chi connectivity index (χ4n) is 1.61. The second-order valence-electron chi connectivity index (χ2n) is 5.06. The van der Waals surface area contributed by atoms with Crippen molar-refractivity contribution in [3.8, 4) is 11.3 Å². The van der Waals surface area contributed by atoms with Crippen molar-refractivity contribution in [3.05, 3.63) is 41.0 Å². The van der Waals surface area contributed by atoms with E-state index in [1.807, 2.05) is 0 Å². The first-order valence-electron chi connectivity index (χ1n) is 6.17. The molecule has 0 unspecified atom stereocenters. The summed E-state index contributed by atoms with van der Waals surface area (Å²) >= 11 is 5.81. The lowest BCUT2D eigenvalue weighted by Gasteiger charge is -2.20. The highest BCUT2D eigenvalue weighted by Gasteiger charge is 2.29. The first kappa shape index (κ1) is 15.1. The van der Waals surface area contributed by atoms with Gasteiger partial charge in [0.15, 0.2) is 0 Å². The Morgan fingerprint density at radius 1 is 1.29 bits per heavy atom. The summed E-state index contributed by atoms with van der Waals surface area (Å²) in [5, 5.41) is 18.6. The number of aromatic amines is 1. The summed E-state index contributed by atoms with van der Waals surface area (Å²) in [6, 6.07) is 8.55. The molecule has 0 aliphatic heterocycles. The average molecular weight is 308 g/mol. The van der Waals surface area contributed by atoms with Gasteiger partial charge in [-0.05, 0) is 32.0 Å².